The van der Waals surface area contributed by atoms with Crippen LogP contribution in [0.4, 0.5) is 0 Å². The second-order valence-electron chi connectivity index (χ2n) is 10.6. The zero-order valence-corrected chi connectivity index (χ0v) is 17.9. The van der Waals surface area contributed by atoms with E-state index in [1.807, 2.05) is 0 Å². The van der Waals surface area contributed by atoms with Gasteiger partial charge in [0, 0.05) is 24.7 Å². The minimum absolute atomic E-state index is 0.437. The van der Waals surface area contributed by atoms with Crippen LogP contribution in [0.15, 0.2) is 24.3 Å². The van der Waals surface area contributed by atoms with E-state index in [1.165, 1.54) is 44.1 Å². The Kier molecular flexibility index (Phi) is 4.87. The quantitative estimate of drug-likeness (QED) is 0.549. The highest BCUT2D eigenvalue weighted by Gasteiger charge is 2.67. The van der Waals surface area contributed by atoms with Crippen LogP contribution in [0.5, 0.6) is 5.75 Å². The van der Waals surface area contributed by atoms with Gasteiger partial charge in [-0.25, -0.2) is 0 Å². The van der Waals surface area contributed by atoms with Crippen LogP contribution in [0.25, 0.3) is 0 Å². The SMILES string of the molecule is NCCCOc1ccc(C2CCC[C@]3(C2)OO[C@]2(O3)C3CC4CC(C3)C[C@@H]2C4)cc1. The monoisotopic (exact) mass is 413 g/mol. The average Bonchev–Trinajstić information content (AvgIpc) is 3.12. The molecule has 5 nitrogen and oxygen atoms in total. The molecule has 1 saturated heterocycles. The highest BCUT2D eigenvalue weighted by atomic mass is 17.3. The van der Waals surface area contributed by atoms with E-state index < -0.39 is 11.6 Å². The summed E-state index contributed by atoms with van der Waals surface area (Å²) >= 11 is 0. The maximum absolute atomic E-state index is 6.91. The number of nitrogens with two attached hydrogens (primary N) is 1. The molecule has 2 spiro atoms. The first-order chi connectivity index (χ1) is 14.7. The molecule has 164 valence electrons. The number of rotatable bonds is 5. The number of hydrogen-bond acceptors (Lipinski definition) is 5. The van der Waals surface area contributed by atoms with Crippen molar-refractivity contribution in [3.8, 4) is 5.75 Å². The Morgan fingerprint density at radius 3 is 2.40 bits per heavy atom. The van der Waals surface area contributed by atoms with Crippen molar-refractivity contribution in [1.82, 2.24) is 0 Å². The van der Waals surface area contributed by atoms with E-state index >= 15 is 0 Å². The third-order valence-corrected chi connectivity index (χ3v) is 8.58. The molecule has 0 radical (unpaired) electrons. The van der Waals surface area contributed by atoms with Crippen LogP contribution >= 0.6 is 0 Å². The summed E-state index contributed by atoms with van der Waals surface area (Å²) in [6, 6.07) is 8.57. The molecule has 1 heterocycles. The van der Waals surface area contributed by atoms with Gasteiger partial charge in [0.25, 0.3) is 0 Å². The lowest BCUT2D eigenvalue weighted by molar-refractivity contribution is -0.390. The molecular formula is C25H35NO4. The van der Waals surface area contributed by atoms with E-state index in [-0.39, 0.29) is 0 Å². The molecule has 1 unspecified atom stereocenters. The summed E-state index contributed by atoms with van der Waals surface area (Å²) in [7, 11) is 0. The molecule has 1 aromatic rings. The van der Waals surface area contributed by atoms with Crippen LogP contribution in [0.1, 0.15) is 75.7 Å². The molecule has 7 rings (SSSR count). The Bertz CT molecular complexity index is 737. The molecule has 2 atom stereocenters. The predicted octanol–water partition coefficient (Wildman–Crippen LogP) is 4.90. The van der Waals surface area contributed by atoms with Crippen LogP contribution in [0, 0.1) is 23.7 Å². The molecule has 6 aliphatic rings. The lowest BCUT2D eigenvalue weighted by atomic mass is 9.53. The summed E-state index contributed by atoms with van der Waals surface area (Å²) < 4.78 is 12.7. The number of benzene rings is 1. The van der Waals surface area contributed by atoms with Crippen LogP contribution < -0.4 is 10.5 Å². The molecule has 6 fully saturated rings. The Morgan fingerprint density at radius 2 is 1.70 bits per heavy atom. The van der Waals surface area contributed by atoms with Gasteiger partial charge < -0.3 is 15.2 Å². The second kappa shape index (κ2) is 7.47. The maximum Gasteiger partial charge on any atom is 0.210 e. The van der Waals surface area contributed by atoms with Gasteiger partial charge >= 0.3 is 0 Å². The summed E-state index contributed by atoms with van der Waals surface area (Å²) in [6.07, 6.45) is 11.5. The summed E-state index contributed by atoms with van der Waals surface area (Å²) in [4.78, 5) is 12.4. The minimum atomic E-state index is -0.561. The molecule has 30 heavy (non-hydrogen) atoms. The van der Waals surface area contributed by atoms with Gasteiger partial charge in [-0.3, -0.25) is 0 Å². The van der Waals surface area contributed by atoms with Gasteiger partial charge in [-0.15, -0.1) is 0 Å². The van der Waals surface area contributed by atoms with E-state index in [0.29, 0.717) is 30.9 Å². The van der Waals surface area contributed by atoms with Crippen molar-refractivity contribution in [1.29, 1.82) is 0 Å². The Balaban J connectivity index is 1.15. The van der Waals surface area contributed by atoms with Crippen molar-refractivity contribution >= 4 is 0 Å². The van der Waals surface area contributed by atoms with Crippen LogP contribution in [0.2, 0.25) is 0 Å². The normalized spacial score (nSPS) is 44.2. The van der Waals surface area contributed by atoms with E-state index in [2.05, 4.69) is 24.3 Å². The maximum atomic E-state index is 6.91. The first-order valence-electron chi connectivity index (χ1n) is 12.2. The van der Waals surface area contributed by atoms with Gasteiger partial charge in [0.05, 0.1) is 6.61 Å². The zero-order chi connectivity index (χ0) is 20.2. The van der Waals surface area contributed by atoms with Crippen LogP contribution in [-0.2, 0) is 14.5 Å². The zero-order valence-electron chi connectivity index (χ0n) is 17.9. The van der Waals surface area contributed by atoms with E-state index in [9.17, 15) is 0 Å². The summed E-state index contributed by atoms with van der Waals surface area (Å²) in [5.41, 5.74) is 6.89. The van der Waals surface area contributed by atoms with Crippen molar-refractivity contribution < 1.29 is 19.2 Å². The Labute approximate surface area is 179 Å². The first kappa shape index (κ1) is 19.5. The summed E-state index contributed by atoms with van der Waals surface area (Å²) in [5.74, 6) is 3.18. The standard InChI is InChI=1S/C25H35NO4/c26-9-2-10-27-23-6-4-19(5-7-23)20-3-1-8-24(16-20)28-25(30-29-24)21-12-17-11-18(14-21)15-22(25)13-17/h4-7,17-18,20-22H,1-3,8-16,26H2/t17?,18?,20?,21-,22?,24-,25+/m1/s1. The molecule has 1 aliphatic heterocycles. The molecule has 5 saturated carbocycles. The summed E-state index contributed by atoms with van der Waals surface area (Å²) in [5, 5.41) is 0. The highest BCUT2D eigenvalue weighted by molar-refractivity contribution is 5.30. The molecule has 0 aromatic heterocycles. The van der Waals surface area contributed by atoms with Gasteiger partial charge in [0.2, 0.25) is 11.6 Å². The van der Waals surface area contributed by atoms with E-state index in [0.717, 1.165) is 43.3 Å². The fourth-order valence-corrected chi connectivity index (χ4v) is 7.37. The fraction of sp³-hybridized carbons (Fsp3) is 0.760. The van der Waals surface area contributed by atoms with E-state index in [1.54, 1.807) is 0 Å². The van der Waals surface area contributed by atoms with Crippen molar-refractivity contribution in [2.24, 2.45) is 29.4 Å². The molecular weight excluding hydrogens is 378 g/mol. The molecule has 5 heteroatoms. The van der Waals surface area contributed by atoms with Gasteiger partial charge in [-0.1, -0.05) is 12.1 Å². The molecule has 4 bridgehead atoms. The van der Waals surface area contributed by atoms with Gasteiger partial charge in [0.1, 0.15) is 5.75 Å². The van der Waals surface area contributed by atoms with Crippen molar-refractivity contribution in [2.45, 2.75) is 81.7 Å². The van der Waals surface area contributed by atoms with Crippen LogP contribution in [0.3, 0.4) is 0 Å². The third-order valence-electron chi connectivity index (χ3n) is 8.58. The van der Waals surface area contributed by atoms with Crippen molar-refractivity contribution in [3.05, 3.63) is 29.8 Å². The largest absolute Gasteiger partial charge is 0.494 e. The fourth-order valence-electron chi connectivity index (χ4n) is 7.37. The summed E-state index contributed by atoms with van der Waals surface area (Å²) in [6.45, 7) is 1.34. The van der Waals surface area contributed by atoms with E-state index in [4.69, 9.17) is 25.0 Å². The lowest BCUT2D eigenvalue weighted by Gasteiger charge is -2.57. The van der Waals surface area contributed by atoms with Gasteiger partial charge in [0.15, 0.2) is 0 Å². The highest BCUT2D eigenvalue weighted by Crippen LogP contribution is 2.64. The minimum Gasteiger partial charge on any atom is -0.494 e. The average molecular weight is 414 g/mol. The van der Waals surface area contributed by atoms with Crippen molar-refractivity contribution in [2.75, 3.05) is 13.2 Å². The molecule has 2 N–H and O–H groups in total. The lowest BCUT2D eigenvalue weighted by Crippen LogP contribution is -2.59. The van der Waals surface area contributed by atoms with Crippen molar-refractivity contribution in [3.63, 3.8) is 0 Å². The van der Waals surface area contributed by atoms with Gasteiger partial charge in [-0.05, 0) is 93.4 Å². The van der Waals surface area contributed by atoms with Gasteiger partial charge in [-0.2, -0.15) is 9.78 Å². The molecule has 5 aliphatic carbocycles. The van der Waals surface area contributed by atoms with Crippen LogP contribution in [-0.4, -0.2) is 24.7 Å². The smallest absolute Gasteiger partial charge is 0.210 e. The number of hydrogen-bond donors (Lipinski definition) is 1. The molecule has 1 aromatic carbocycles. The molecule has 0 amide bonds. The Hall–Kier alpha value is -1.14. The Morgan fingerprint density at radius 1 is 0.967 bits per heavy atom. The third kappa shape index (κ3) is 3.21. The topological polar surface area (TPSA) is 62.9 Å². The predicted molar refractivity (Wildman–Crippen MR) is 113 cm³/mol. The first-order valence-corrected chi connectivity index (χ1v) is 12.2. The number of ether oxygens (including phenoxy) is 2. The second-order valence-corrected chi connectivity index (χ2v) is 10.6.